The number of rotatable bonds is 4. The Morgan fingerprint density at radius 1 is 1.32 bits per heavy atom. The van der Waals surface area contributed by atoms with E-state index in [9.17, 15) is 9.59 Å². The molecule has 0 unspecified atom stereocenters. The van der Waals surface area contributed by atoms with Crippen LogP contribution in [0.25, 0.3) is 10.4 Å². The number of carbonyl (C=O) groups is 2. The molecular weight excluding hydrogens is 360 g/mol. The molecule has 1 aliphatic heterocycles. The van der Waals surface area contributed by atoms with Crippen LogP contribution in [0.3, 0.4) is 0 Å². The van der Waals surface area contributed by atoms with Crippen LogP contribution in [0.1, 0.15) is 22.5 Å². The topological polar surface area (TPSA) is 96.2 Å². The molecule has 0 saturated carbocycles. The molecule has 0 aliphatic carbocycles. The lowest BCUT2D eigenvalue weighted by molar-refractivity contribution is 0.0935. The van der Waals surface area contributed by atoms with Gasteiger partial charge in [-0.1, -0.05) is 29.8 Å². The molecule has 1 saturated heterocycles. The molecule has 132 valence electrons. The summed E-state index contributed by atoms with van der Waals surface area (Å²) in [6.07, 6.45) is 1.95. The lowest BCUT2D eigenvalue weighted by Gasteiger charge is -2.23. The van der Waals surface area contributed by atoms with Crippen molar-refractivity contribution in [2.75, 3.05) is 18.4 Å². The number of hydrogen-bond acceptors (Lipinski definition) is 4. The van der Waals surface area contributed by atoms with E-state index in [2.05, 4.69) is 16.0 Å². The van der Waals surface area contributed by atoms with E-state index in [4.69, 9.17) is 17.3 Å². The average Bonchev–Trinajstić information content (AvgIpc) is 2.99. The zero-order valence-electron chi connectivity index (χ0n) is 13.5. The summed E-state index contributed by atoms with van der Waals surface area (Å²) >= 11 is 7.53. The van der Waals surface area contributed by atoms with Crippen LogP contribution in [0, 0.1) is 0 Å². The summed E-state index contributed by atoms with van der Waals surface area (Å²) in [5.41, 5.74) is 6.44. The van der Waals surface area contributed by atoms with E-state index in [0.717, 1.165) is 36.4 Å². The molecular formula is C17H19ClN4O2S. The zero-order valence-corrected chi connectivity index (χ0v) is 15.0. The zero-order chi connectivity index (χ0) is 17.8. The molecule has 3 amide bonds. The van der Waals surface area contributed by atoms with Crippen molar-refractivity contribution in [1.29, 1.82) is 0 Å². The summed E-state index contributed by atoms with van der Waals surface area (Å²) < 4.78 is 0. The standard InChI is InChI=1S/C17H19ClN4O2S/c18-12-6-2-1-5-11(12)14-8-13(22-17(19)24)15(25-14)16(23)21-10-4-3-7-20-9-10/h1-2,5-6,8,10,20H,3-4,7,9H2,(H,21,23)(H3,19,22,24)/t10-/m0/s1. The molecule has 5 N–H and O–H groups in total. The Kier molecular flexibility index (Phi) is 5.57. The van der Waals surface area contributed by atoms with Crippen molar-refractivity contribution in [1.82, 2.24) is 10.6 Å². The quantitative estimate of drug-likeness (QED) is 0.658. The highest BCUT2D eigenvalue weighted by Gasteiger charge is 2.22. The second kappa shape index (κ2) is 7.86. The summed E-state index contributed by atoms with van der Waals surface area (Å²) in [7, 11) is 0. The van der Waals surface area contributed by atoms with E-state index in [1.807, 2.05) is 18.2 Å². The first kappa shape index (κ1) is 17.7. The highest BCUT2D eigenvalue weighted by atomic mass is 35.5. The predicted octanol–water partition coefficient (Wildman–Crippen LogP) is 3.04. The molecule has 2 aromatic rings. The Labute approximate surface area is 154 Å². The molecule has 3 rings (SSSR count). The number of nitrogens with two attached hydrogens (primary N) is 1. The lowest BCUT2D eigenvalue weighted by atomic mass is 10.1. The number of benzene rings is 1. The molecule has 1 atom stereocenters. The number of nitrogens with one attached hydrogen (secondary N) is 3. The van der Waals surface area contributed by atoms with Crippen LogP contribution in [0.2, 0.25) is 5.02 Å². The van der Waals surface area contributed by atoms with Gasteiger partial charge in [-0.25, -0.2) is 4.79 Å². The van der Waals surface area contributed by atoms with Gasteiger partial charge in [-0.3, -0.25) is 4.79 Å². The van der Waals surface area contributed by atoms with Gasteiger partial charge in [0.2, 0.25) is 0 Å². The van der Waals surface area contributed by atoms with E-state index in [1.54, 1.807) is 12.1 Å². The van der Waals surface area contributed by atoms with Crippen LogP contribution in [0.5, 0.6) is 0 Å². The summed E-state index contributed by atoms with van der Waals surface area (Å²) in [5, 5.41) is 9.38. The minimum absolute atomic E-state index is 0.0774. The third-order valence-electron chi connectivity index (χ3n) is 3.97. The molecule has 2 heterocycles. The van der Waals surface area contributed by atoms with Crippen LogP contribution in [-0.4, -0.2) is 31.1 Å². The average molecular weight is 379 g/mol. The van der Waals surface area contributed by atoms with Gasteiger partial charge < -0.3 is 21.7 Å². The summed E-state index contributed by atoms with van der Waals surface area (Å²) in [4.78, 5) is 25.2. The number of thiophene rings is 1. The van der Waals surface area contributed by atoms with Crippen LogP contribution >= 0.6 is 22.9 Å². The Hall–Kier alpha value is -2.09. The Balaban J connectivity index is 1.89. The van der Waals surface area contributed by atoms with Gasteiger partial charge in [-0.15, -0.1) is 11.3 Å². The smallest absolute Gasteiger partial charge is 0.316 e. The molecule has 1 aromatic heterocycles. The van der Waals surface area contributed by atoms with Crippen molar-refractivity contribution in [3.8, 4) is 10.4 Å². The van der Waals surface area contributed by atoms with Crippen LogP contribution < -0.4 is 21.7 Å². The maximum absolute atomic E-state index is 12.7. The Morgan fingerprint density at radius 3 is 2.80 bits per heavy atom. The molecule has 0 radical (unpaired) electrons. The van der Waals surface area contributed by atoms with Crippen LogP contribution in [0.4, 0.5) is 10.5 Å². The van der Waals surface area contributed by atoms with E-state index in [-0.39, 0.29) is 11.9 Å². The lowest BCUT2D eigenvalue weighted by Crippen LogP contribution is -2.45. The second-order valence-electron chi connectivity index (χ2n) is 5.84. The predicted molar refractivity (Wildman–Crippen MR) is 101 cm³/mol. The van der Waals surface area contributed by atoms with Crippen LogP contribution in [-0.2, 0) is 0 Å². The van der Waals surface area contributed by atoms with Gasteiger partial charge >= 0.3 is 6.03 Å². The van der Waals surface area contributed by atoms with Gasteiger partial charge in [0.05, 0.1) is 5.69 Å². The van der Waals surface area contributed by atoms with Gasteiger partial charge in [0.15, 0.2) is 0 Å². The highest BCUT2D eigenvalue weighted by molar-refractivity contribution is 7.18. The van der Waals surface area contributed by atoms with Crippen LogP contribution in [0.15, 0.2) is 30.3 Å². The molecule has 0 spiro atoms. The molecule has 25 heavy (non-hydrogen) atoms. The minimum Gasteiger partial charge on any atom is -0.351 e. The fourth-order valence-corrected chi connectivity index (χ4v) is 4.15. The van der Waals surface area contributed by atoms with Crippen molar-refractivity contribution >= 4 is 40.6 Å². The summed E-state index contributed by atoms with van der Waals surface area (Å²) in [6, 6.07) is 8.46. The van der Waals surface area contributed by atoms with E-state index in [0.29, 0.717) is 15.6 Å². The maximum Gasteiger partial charge on any atom is 0.316 e. The van der Waals surface area contributed by atoms with Crippen molar-refractivity contribution in [3.63, 3.8) is 0 Å². The summed E-state index contributed by atoms with van der Waals surface area (Å²) in [6.45, 7) is 1.71. The first-order valence-corrected chi connectivity index (χ1v) is 9.21. The van der Waals surface area contributed by atoms with Gasteiger partial charge in [0, 0.05) is 28.0 Å². The highest BCUT2D eigenvalue weighted by Crippen LogP contribution is 2.38. The third kappa shape index (κ3) is 4.31. The SMILES string of the molecule is NC(=O)Nc1cc(-c2ccccc2Cl)sc1C(=O)N[C@H]1CCCNC1. The second-order valence-corrected chi connectivity index (χ2v) is 7.30. The van der Waals surface area contributed by atoms with Crippen molar-refractivity contribution in [2.24, 2.45) is 5.73 Å². The van der Waals surface area contributed by atoms with Crippen molar-refractivity contribution in [2.45, 2.75) is 18.9 Å². The van der Waals surface area contributed by atoms with Gasteiger partial charge in [0.1, 0.15) is 4.88 Å². The maximum atomic E-state index is 12.7. The minimum atomic E-state index is -0.711. The number of primary amides is 1. The number of piperidine rings is 1. The van der Waals surface area contributed by atoms with E-state index in [1.165, 1.54) is 11.3 Å². The largest absolute Gasteiger partial charge is 0.351 e. The third-order valence-corrected chi connectivity index (χ3v) is 5.46. The number of urea groups is 1. The Bertz CT molecular complexity index is 787. The van der Waals surface area contributed by atoms with Gasteiger partial charge in [-0.05, 0) is 31.5 Å². The van der Waals surface area contributed by atoms with Crippen molar-refractivity contribution < 1.29 is 9.59 Å². The fourth-order valence-electron chi connectivity index (χ4n) is 2.81. The summed E-state index contributed by atoms with van der Waals surface area (Å²) in [5.74, 6) is -0.222. The van der Waals surface area contributed by atoms with Crippen molar-refractivity contribution in [3.05, 3.63) is 40.2 Å². The normalized spacial score (nSPS) is 17.1. The molecule has 8 heteroatoms. The number of anilines is 1. The molecule has 6 nitrogen and oxygen atoms in total. The monoisotopic (exact) mass is 378 g/mol. The Morgan fingerprint density at radius 2 is 2.12 bits per heavy atom. The molecule has 1 aromatic carbocycles. The fraction of sp³-hybridized carbons (Fsp3) is 0.294. The number of hydrogen-bond donors (Lipinski definition) is 4. The molecule has 1 fully saturated rings. The van der Waals surface area contributed by atoms with E-state index >= 15 is 0 Å². The molecule has 1 aliphatic rings. The van der Waals surface area contributed by atoms with E-state index < -0.39 is 6.03 Å². The number of halogens is 1. The number of carbonyl (C=O) groups excluding carboxylic acids is 2. The number of amides is 3. The molecule has 0 bridgehead atoms. The first-order valence-electron chi connectivity index (χ1n) is 8.01. The van der Waals surface area contributed by atoms with Gasteiger partial charge in [-0.2, -0.15) is 0 Å². The van der Waals surface area contributed by atoms with Gasteiger partial charge in [0.25, 0.3) is 5.91 Å². The first-order chi connectivity index (χ1) is 12.0.